The lowest BCUT2D eigenvalue weighted by Gasteiger charge is -2.29. The van der Waals surface area contributed by atoms with Gasteiger partial charge in [0, 0.05) is 13.1 Å². The van der Waals surface area contributed by atoms with Crippen LogP contribution in [0.4, 0.5) is 0 Å². The van der Waals surface area contributed by atoms with Crippen LogP contribution in [0.2, 0.25) is 0 Å². The molecule has 2 rings (SSSR count). The number of nitrogens with two attached hydrogens (primary N) is 1. The maximum absolute atomic E-state index is 12.2. The quantitative estimate of drug-likeness (QED) is 0.847. The number of hydrogen-bond donors (Lipinski definition) is 2. The van der Waals surface area contributed by atoms with E-state index in [2.05, 4.69) is 17.1 Å². The molecule has 1 aromatic rings. The molecular formula is C18H29N3O. The predicted octanol–water partition coefficient (Wildman–Crippen LogP) is 2.23. The summed E-state index contributed by atoms with van der Waals surface area (Å²) in [5.74, 6) is 0.363. The third kappa shape index (κ3) is 5.11. The van der Waals surface area contributed by atoms with Gasteiger partial charge in [-0.1, -0.05) is 43.2 Å². The molecule has 0 aliphatic carbocycles. The third-order valence-electron chi connectivity index (χ3n) is 4.36. The zero-order chi connectivity index (χ0) is 15.9. The first-order valence-corrected chi connectivity index (χ1v) is 8.38. The topological polar surface area (TPSA) is 58.4 Å². The summed E-state index contributed by atoms with van der Waals surface area (Å²) >= 11 is 0. The first-order chi connectivity index (χ1) is 10.6. The standard InChI is InChI=1S/C18H29N3O/c1-14-6-8-16(9-7-14)17(19)18(22)20-12-15(2)13-21-10-4-3-5-11-21/h6-9,15,17H,3-5,10-13,19H2,1-2H3,(H,20,22). The van der Waals surface area contributed by atoms with Gasteiger partial charge in [-0.2, -0.15) is 0 Å². The second-order valence-corrected chi connectivity index (χ2v) is 6.60. The van der Waals surface area contributed by atoms with Crippen molar-refractivity contribution in [2.24, 2.45) is 11.7 Å². The summed E-state index contributed by atoms with van der Waals surface area (Å²) in [7, 11) is 0. The highest BCUT2D eigenvalue weighted by Crippen LogP contribution is 2.13. The van der Waals surface area contributed by atoms with Crippen molar-refractivity contribution in [2.75, 3.05) is 26.2 Å². The summed E-state index contributed by atoms with van der Waals surface area (Å²) in [4.78, 5) is 14.7. The molecule has 0 saturated carbocycles. The van der Waals surface area contributed by atoms with Crippen molar-refractivity contribution in [3.63, 3.8) is 0 Å². The Hall–Kier alpha value is -1.39. The highest BCUT2D eigenvalue weighted by molar-refractivity contribution is 5.82. The summed E-state index contributed by atoms with van der Waals surface area (Å²) in [5, 5.41) is 2.99. The highest BCUT2D eigenvalue weighted by Gasteiger charge is 2.17. The van der Waals surface area contributed by atoms with E-state index in [9.17, 15) is 4.79 Å². The van der Waals surface area contributed by atoms with Crippen LogP contribution in [0.5, 0.6) is 0 Å². The van der Waals surface area contributed by atoms with E-state index < -0.39 is 6.04 Å². The Kier molecular flexibility index (Phi) is 6.40. The largest absolute Gasteiger partial charge is 0.354 e. The van der Waals surface area contributed by atoms with Crippen LogP contribution in [-0.2, 0) is 4.79 Å². The Bertz CT molecular complexity index is 466. The Labute approximate surface area is 134 Å². The Morgan fingerprint density at radius 2 is 1.86 bits per heavy atom. The fraction of sp³-hybridized carbons (Fsp3) is 0.611. The van der Waals surface area contributed by atoms with Crippen molar-refractivity contribution in [1.29, 1.82) is 0 Å². The van der Waals surface area contributed by atoms with Gasteiger partial charge in [0.15, 0.2) is 0 Å². The number of piperidine rings is 1. The van der Waals surface area contributed by atoms with E-state index in [-0.39, 0.29) is 5.91 Å². The summed E-state index contributed by atoms with van der Waals surface area (Å²) in [6.45, 7) is 8.35. The van der Waals surface area contributed by atoms with Gasteiger partial charge in [0.25, 0.3) is 0 Å². The van der Waals surface area contributed by atoms with E-state index in [1.807, 2.05) is 31.2 Å². The first kappa shape index (κ1) is 17.0. The number of likely N-dealkylation sites (tertiary alicyclic amines) is 1. The Morgan fingerprint density at radius 3 is 2.50 bits per heavy atom. The average molecular weight is 303 g/mol. The van der Waals surface area contributed by atoms with Crippen molar-refractivity contribution in [3.05, 3.63) is 35.4 Å². The number of benzene rings is 1. The molecule has 0 radical (unpaired) electrons. The molecule has 22 heavy (non-hydrogen) atoms. The van der Waals surface area contributed by atoms with Crippen molar-refractivity contribution >= 4 is 5.91 Å². The van der Waals surface area contributed by atoms with Gasteiger partial charge >= 0.3 is 0 Å². The van der Waals surface area contributed by atoms with Gasteiger partial charge in [-0.3, -0.25) is 4.79 Å². The maximum Gasteiger partial charge on any atom is 0.241 e. The van der Waals surface area contributed by atoms with E-state index in [0.29, 0.717) is 12.5 Å². The summed E-state index contributed by atoms with van der Waals surface area (Å²) in [6, 6.07) is 7.25. The van der Waals surface area contributed by atoms with E-state index in [0.717, 1.165) is 12.1 Å². The van der Waals surface area contributed by atoms with Gasteiger partial charge in [-0.25, -0.2) is 0 Å². The Morgan fingerprint density at radius 1 is 1.23 bits per heavy atom. The minimum Gasteiger partial charge on any atom is -0.354 e. The molecule has 0 bridgehead atoms. The molecule has 1 aromatic carbocycles. The molecule has 1 saturated heterocycles. The lowest BCUT2D eigenvalue weighted by Crippen LogP contribution is -2.40. The van der Waals surface area contributed by atoms with Gasteiger partial charge < -0.3 is 16.0 Å². The van der Waals surface area contributed by atoms with Crippen molar-refractivity contribution in [1.82, 2.24) is 10.2 Å². The SMILES string of the molecule is Cc1ccc(C(N)C(=O)NCC(C)CN2CCCCC2)cc1. The van der Waals surface area contributed by atoms with Gasteiger partial charge in [-0.05, 0) is 44.3 Å². The van der Waals surface area contributed by atoms with Crippen LogP contribution < -0.4 is 11.1 Å². The number of nitrogens with one attached hydrogen (secondary N) is 1. The van der Waals surface area contributed by atoms with Crippen LogP contribution >= 0.6 is 0 Å². The number of aryl methyl sites for hydroxylation is 1. The normalized spacial score (nSPS) is 18.7. The third-order valence-corrected chi connectivity index (χ3v) is 4.36. The molecule has 2 unspecified atom stereocenters. The molecule has 4 nitrogen and oxygen atoms in total. The lowest BCUT2D eigenvalue weighted by atomic mass is 10.0. The zero-order valence-electron chi connectivity index (χ0n) is 13.8. The van der Waals surface area contributed by atoms with Gasteiger partial charge in [-0.15, -0.1) is 0 Å². The van der Waals surface area contributed by atoms with Crippen LogP contribution in [-0.4, -0.2) is 37.0 Å². The number of hydrogen-bond acceptors (Lipinski definition) is 3. The van der Waals surface area contributed by atoms with Gasteiger partial charge in [0.1, 0.15) is 6.04 Å². The van der Waals surface area contributed by atoms with E-state index in [4.69, 9.17) is 5.73 Å². The van der Waals surface area contributed by atoms with Crippen LogP contribution in [0, 0.1) is 12.8 Å². The smallest absolute Gasteiger partial charge is 0.241 e. The molecule has 1 aliphatic heterocycles. The predicted molar refractivity (Wildman–Crippen MR) is 90.6 cm³/mol. The summed E-state index contributed by atoms with van der Waals surface area (Å²) < 4.78 is 0. The van der Waals surface area contributed by atoms with Crippen LogP contribution in [0.1, 0.15) is 43.4 Å². The van der Waals surface area contributed by atoms with Crippen molar-refractivity contribution in [3.8, 4) is 0 Å². The second-order valence-electron chi connectivity index (χ2n) is 6.60. The number of rotatable bonds is 6. The van der Waals surface area contributed by atoms with Crippen LogP contribution in [0.3, 0.4) is 0 Å². The molecular weight excluding hydrogens is 274 g/mol. The molecule has 122 valence electrons. The minimum absolute atomic E-state index is 0.0886. The van der Waals surface area contributed by atoms with Crippen LogP contribution in [0.15, 0.2) is 24.3 Å². The zero-order valence-corrected chi connectivity index (χ0v) is 13.8. The fourth-order valence-electron chi connectivity index (χ4n) is 2.96. The van der Waals surface area contributed by atoms with Gasteiger partial charge in [0.05, 0.1) is 0 Å². The second kappa shape index (κ2) is 8.30. The molecule has 1 amide bonds. The van der Waals surface area contributed by atoms with Crippen molar-refractivity contribution in [2.45, 2.75) is 39.2 Å². The summed E-state index contributed by atoms with van der Waals surface area (Å²) in [6.07, 6.45) is 3.96. The summed E-state index contributed by atoms with van der Waals surface area (Å²) in [5.41, 5.74) is 8.08. The van der Waals surface area contributed by atoms with Gasteiger partial charge in [0.2, 0.25) is 5.91 Å². The first-order valence-electron chi connectivity index (χ1n) is 8.38. The number of amides is 1. The minimum atomic E-state index is -0.581. The highest BCUT2D eigenvalue weighted by atomic mass is 16.2. The molecule has 0 spiro atoms. The number of carbonyl (C=O) groups excluding carboxylic acids is 1. The molecule has 3 N–H and O–H groups in total. The van der Waals surface area contributed by atoms with Crippen molar-refractivity contribution < 1.29 is 4.79 Å². The molecule has 0 aromatic heterocycles. The van der Waals surface area contributed by atoms with Crippen LogP contribution in [0.25, 0.3) is 0 Å². The molecule has 1 aliphatic rings. The molecule has 1 fully saturated rings. The maximum atomic E-state index is 12.2. The fourth-order valence-corrected chi connectivity index (χ4v) is 2.96. The molecule has 4 heteroatoms. The average Bonchev–Trinajstić information content (AvgIpc) is 2.53. The molecule has 2 atom stereocenters. The number of carbonyl (C=O) groups is 1. The lowest BCUT2D eigenvalue weighted by molar-refractivity contribution is -0.122. The van der Waals surface area contributed by atoms with E-state index in [1.54, 1.807) is 0 Å². The number of nitrogens with zero attached hydrogens (tertiary/aromatic N) is 1. The monoisotopic (exact) mass is 303 g/mol. The van der Waals surface area contributed by atoms with E-state index in [1.165, 1.54) is 37.9 Å². The van der Waals surface area contributed by atoms with E-state index >= 15 is 0 Å². The molecule has 1 heterocycles. The Balaban J connectivity index is 1.75.